The topological polar surface area (TPSA) is 50.8 Å². The van der Waals surface area contributed by atoms with Crippen LogP contribution in [-0.2, 0) is 9.47 Å². The predicted octanol–water partition coefficient (Wildman–Crippen LogP) is 1.37. The molecule has 3 heterocycles. The third kappa shape index (κ3) is 2.46. The van der Waals surface area contributed by atoms with Gasteiger partial charge in [-0.05, 0) is 40.2 Å². The van der Waals surface area contributed by atoms with Gasteiger partial charge in [0.1, 0.15) is 5.60 Å². The molecule has 0 saturated carbocycles. The van der Waals surface area contributed by atoms with E-state index in [1.807, 2.05) is 25.7 Å². The molecular formula is C14H24N2O3. The van der Waals surface area contributed by atoms with E-state index in [1.54, 1.807) is 0 Å². The number of likely N-dealkylation sites (tertiary alicyclic amines) is 1. The molecule has 108 valence electrons. The van der Waals surface area contributed by atoms with Gasteiger partial charge in [-0.15, -0.1) is 0 Å². The smallest absolute Gasteiger partial charge is 0.410 e. The lowest BCUT2D eigenvalue weighted by molar-refractivity contribution is -0.128. The Morgan fingerprint density at radius 2 is 2.26 bits per heavy atom. The van der Waals surface area contributed by atoms with Crippen molar-refractivity contribution in [2.75, 3.05) is 26.2 Å². The fourth-order valence-electron chi connectivity index (χ4n) is 3.57. The fraction of sp³-hybridized carbons (Fsp3) is 0.929. The van der Waals surface area contributed by atoms with Crippen LogP contribution in [0, 0.1) is 5.92 Å². The molecule has 3 atom stereocenters. The van der Waals surface area contributed by atoms with E-state index in [-0.39, 0.29) is 17.8 Å². The highest BCUT2D eigenvalue weighted by Gasteiger charge is 2.55. The van der Waals surface area contributed by atoms with Crippen LogP contribution in [0.4, 0.5) is 4.79 Å². The lowest BCUT2D eigenvalue weighted by Crippen LogP contribution is -2.59. The second-order valence-electron chi connectivity index (χ2n) is 7.05. The number of amides is 1. The molecule has 1 spiro atoms. The van der Waals surface area contributed by atoms with Crippen molar-refractivity contribution < 1.29 is 14.3 Å². The summed E-state index contributed by atoms with van der Waals surface area (Å²) in [6.07, 6.45) is 2.05. The first-order valence-electron chi connectivity index (χ1n) is 7.24. The van der Waals surface area contributed by atoms with Gasteiger partial charge in [0.2, 0.25) is 0 Å². The van der Waals surface area contributed by atoms with Gasteiger partial charge in [-0.3, -0.25) is 0 Å². The van der Waals surface area contributed by atoms with Gasteiger partial charge in [-0.1, -0.05) is 0 Å². The summed E-state index contributed by atoms with van der Waals surface area (Å²) >= 11 is 0. The predicted molar refractivity (Wildman–Crippen MR) is 71.0 cm³/mol. The Morgan fingerprint density at radius 1 is 1.47 bits per heavy atom. The molecule has 0 unspecified atom stereocenters. The van der Waals surface area contributed by atoms with Crippen molar-refractivity contribution in [3.8, 4) is 0 Å². The number of morpholine rings is 1. The molecule has 0 aliphatic carbocycles. The van der Waals surface area contributed by atoms with E-state index < -0.39 is 5.60 Å². The van der Waals surface area contributed by atoms with Crippen LogP contribution >= 0.6 is 0 Å². The first kappa shape index (κ1) is 13.2. The Hall–Kier alpha value is -0.810. The van der Waals surface area contributed by atoms with E-state index in [0.29, 0.717) is 19.0 Å². The van der Waals surface area contributed by atoms with Gasteiger partial charge >= 0.3 is 6.09 Å². The highest BCUT2D eigenvalue weighted by Crippen LogP contribution is 2.44. The summed E-state index contributed by atoms with van der Waals surface area (Å²) in [6.45, 7) is 9.07. The van der Waals surface area contributed by atoms with Crippen LogP contribution in [0.3, 0.4) is 0 Å². The minimum absolute atomic E-state index is 0.120. The Bertz CT molecular complexity index is 379. The van der Waals surface area contributed by atoms with Crippen molar-refractivity contribution in [2.45, 2.75) is 50.9 Å². The van der Waals surface area contributed by atoms with E-state index >= 15 is 0 Å². The largest absolute Gasteiger partial charge is 0.444 e. The number of piperidine rings is 1. The van der Waals surface area contributed by atoms with Gasteiger partial charge in [0, 0.05) is 12.5 Å². The van der Waals surface area contributed by atoms with Crippen LogP contribution in [0.1, 0.15) is 33.6 Å². The van der Waals surface area contributed by atoms with Gasteiger partial charge in [0.15, 0.2) is 0 Å². The number of hydrogen-bond donors (Lipinski definition) is 1. The third-order valence-electron chi connectivity index (χ3n) is 4.34. The van der Waals surface area contributed by atoms with Gasteiger partial charge in [0.25, 0.3) is 0 Å². The number of rotatable bonds is 0. The van der Waals surface area contributed by atoms with E-state index in [4.69, 9.17) is 9.47 Å². The number of carbonyl (C=O) groups excluding carboxylic acids is 1. The van der Waals surface area contributed by atoms with Crippen molar-refractivity contribution in [1.29, 1.82) is 0 Å². The average molecular weight is 268 g/mol. The minimum Gasteiger partial charge on any atom is -0.444 e. The number of nitrogens with zero attached hydrogens (tertiary/aromatic N) is 1. The number of ether oxygens (including phenoxy) is 2. The quantitative estimate of drug-likeness (QED) is 0.721. The number of carbonyl (C=O) groups is 1. The summed E-state index contributed by atoms with van der Waals surface area (Å²) in [6, 6.07) is 0. The maximum atomic E-state index is 12.2. The SMILES string of the molecule is CC(C)(C)OC(=O)N1C[C@H]2C[C@@H]3CNCC[C@@]3(C1)O2. The standard InChI is InChI=1S/C14H24N2O3/c1-13(2,3)19-12(17)16-8-11-6-10-7-15-5-4-14(10,9-16)18-11/h10-11,15H,4-9H2,1-3H3/t10-,11-,14+/m1/s1. The van der Waals surface area contributed by atoms with Crippen molar-refractivity contribution in [2.24, 2.45) is 5.92 Å². The van der Waals surface area contributed by atoms with E-state index in [0.717, 1.165) is 25.9 Å². The first-order valence-corrected chi connectivity index (χ1v) is 7.24. The Balaban J connectivity index is 1.72. The van der Waals surface area contributed by atoms with Gasteiger partial charge in [0.05, 0.1) is 24.8 Å². The highest BCUT2D eigenvalue weighted by molar-refractivity contribution is 5.68. The molecule has 1 amide bonds. The molecule has 1 N–H and O–H groups in total. The van der Waals surface area contributed by atoms with Crippen molar-refractivity contribution in [1.82, 2.24) is 10.2 Å². The Labute approximate surface area is 114 Å². The summed E-state index contributed by atoms with van der Waals surface area (Å²) in [7, 11) is 0. The van der Waals surface area contributed by atoms with Gasteiger partial charge in [-0.2, -0.15) is 0 Å². The van der Waals surface area contributed by atoms with Crippen LogP contribution in [0.15, 0.2) is 0 Å². The molecule has 0 aromatic carbocycles. The molecular weight excluding hydrogens is 244 g/mol. The number of nitrogens with one attached hydrogen (secondary N) is 1. The maximum Gasteiger partial charge on any atom is 0.410 e. The van der Waals surface area contributed by atoms with Crippen LogP contribution in [0.25, 0.3) is 0 Å². The molecule has 5 nitrogen and oxygen atoms in total. The van der Waals surface area contributed by atoms with Crippen molar-refractivity contribution in [3.63, 3.8) is 0 Å². The second kappa shape index (κ2) is 4.35. The number of hydrogen-bond acceptors (Lipinski definition) is 4. The van der Waals surface area contributed by atoms with Crippen LogP contribution in [0.5, 0.6) is 0 Å². The molecule has 3 saturated heterocycles. The van der Waals surface area contributed by atoms with E-state index in [9.17, 15) is 4.79 Å². The summed E-state index contributed by atoms with van der Waals surface area (Å²) in [5.41, 5.74) is -0.551. The third-order valence-corrected chi connectivity index (χ3v) is 4.34. The molecule has 3 fully saturated rings. The zero-order valence-electron chi connectivity index (χ0n) is 12.1. The molecule has 3 aliphatic heterocycles. The zero-order chi connectivity index (χ0) is 13.7. The second-order valence-corrected chi connectivity index (χ2v) is 7.05. The van der Waals surface area contributed by atoms with Gasteiger partial charge < -0.3 is 19.7 Å². The van der Waals surface area contributed by atoms with E-state index in [2.05, 4.69) is 5.32 Å². The normalized spacial score (nSPS) is 37.9. The Morgan fingerprint density at radius 3 is 3.00 bits per heavy atom. The molecule has 2 bridgehead atoms. The molecule has 19 heavy (non-hydrogen) atoms. The monoisotopic (exact) mass is 268 g/mol. The minimum atomic E-state index is -0.431. The van der Waals surface area contributed by atoms with Crippen molar-refractivity contribution >= 4 is 6.09 Å². The molecule has 0 aromatic rings. The van der Waals surface area contributed by atoms with Crippen LogP contribution in [-0.4, -0.2) is 54.5 Å². The molecule has 3 aliphatic rings. The van der Waals surface area contributed by atoms with Crippen LogP contribution < -0.4 is 5.32 Å². The Kier molecular flexibility index (Phi) is 3.02. The molecule has 5 heteroatoms. The summed E-state index contributed by atoms with van der Waals surface area (Å²) in [5, 5.41) is 3.43. The molecule has 0 aromatic heterocycles. The fourth-order valence-corrected chi connectivity index (χ4v) is 3.57. The average Bonchev–Trinajstić information content (AvgIpc) is 2.56. The summed E-state index contributed by atoms with van der Waals surface area (Å²) in [5.74, 6) is 0.540. The van der Waals surface area contributed by atoms with Crippen molar-refractivity contribution in [3.05, 3.63) is 0 Å². The lowest BCUT2D eigenvalue weighted by Gasteiger charge is -2.44. The lowest BCUT2D eigenvalue weighted by atomic mass is 9.82. The maximum absolute atomic E-state index is 12.2. The molecule has 0 radical (unpaired) electrons. The number of fused-ring (bicyclic) bond motifs is 1. The van der Waals surface area contributed by atoms with E-state index in [1.165, 1.54) is 0 Å². The summed E-state index contributed by atoms with van der Waals surface area (Å²) < 4.78 is 11.7. The molecule has 3 rings (SSSR count). The first-order chi connectivity index (χ1) is 8.88. The van der Waals surface area contributed by atoms with Gasteiger partial charge in [-0.25, -0.2) is 4.79 Å². The zero-order valence-corrected chi connectivity index (χ0v) is 12.1. The summed E-state index contributed by atoms with van der Waals surface area (Å²) in [4.78, 5) is 14.1. The highest BCUT2D eigenvalue weighted by atomic mass is 16.6. The van der Waals surface area contributed by atoms with Crippen LogP contribution in [0.2, 0.25) is 0 Å².